The van der Waals surface area contributed by atoms with Crippen molar-refractivity contribution < 1.29 is 9.36 Å². The average molecular weight is 239 g/mol. The van der Waals surface area contributed by atoms with Crippen LogP contribution in [-0.2, 0) is 10.7 Å². The normalized spacial score (nSPS) is 11.4. The summed E-state index contributed by atoms with van der Waals surface area (Å²) < 4.78 is 12.2. The standard InChI is InChI=1S/C12H18NO2P/c1-3-16(15,4-2)9-10-5-7-11(8-6-10)12(13)14/h5-8H,3-4,9H2,1-2H3,(H2,13,14). The molecule has 0 aromatic heterocycles. The van der Waals surface area contributed by atoms with Gasteiger partial charge in [-0.1, -0.05) is 26.0 Å². The second-order valence-corrected chi connectivity index (χ2v) is 7.61. The van der Waals surface area contributed by atoms with Crippen molar-refractivity contribution in [2.75, 3.05) is 12.3 Å². The Hall–Kier alpha value is -1.08. The lowest BCUT2D eigenvalue weighted by atomic mass is 10.1. The van der Waals surface area contributed by atoms with Crippen LogP contribution in [0.25, 0.3) is 0 Å². The average Bonchev–Trinajstić information content (AvgIpc) is 2.29. The van der Waals surface area contributed by atoms with E-state index in [0.29, 0.717) is 11.7 Å². The third kappa shape index (κ3) is 3.21. The second kappa shape index (κ2) is 5.31. The first-order valence-corrected chi connectivity index (χ1v) is 7.73. The van der Waals surface area contributed by atoms with E-state index in [0.717, 1.165) is 17.9 Å². The summed E-state index contributed by atoms with van der Waals surface area (Å²) in [5.74, 6) is -0.430. The first kappa shape index (κ1) is 13.0. The van der Waals surface area contributed by atoms with Crippen LogP contribution in [0.3, 0.4) is 0 Å². The Kier molecular flexibility index (Phi) is 4.31. The zero-order chi connectivity index (χ0) is 12.2. The summed E-state index contributed by atoms with van der Waals surface area (Å²) in [6.45, 7) is 3.92. The van der Waals surface area contributed by atoms with Gasteiger partial charge in [0.15, 0.2) is 0 Å². The molecule has 0 aliphatic heterocycles. The number of carbonyl (C=O) groups is 1. The number of nitrogens with two attached hydrogens (primary N) is 1. The van der Waals surface area contributed by atoms with E-state index in [1.165, 1.54) is 0 Å². The number of hydrogen-bond acceptors (Lipinski definition) is 2. The fraction of sp³-hybridized carbons (Fsp3) is 0.417. The number of rotatable bonds is 5. The van der Waals surface area contributed by atoms with Crippen LogP contribution in [0, 0.1) is 0 Å². The van der Waals surface area contributed by atoms with E-state index in [-0.39, 0.29) is 0 Å². The van der Waals surface area contributed by atoms with Crippen molar-refractivity contribution in [3.05, 3.63) is 35.4 Å². The lowest BCUT2D eigenvalue weighted by Crippen LogP contribution is -2.10. The molecule has 0 unspecified atom stereocenters. The molecule has 4 heteroatoms. The number of primary amides is 1. The molecule has 1 amide bonds. The molecule has 3 nitrogen and oxygen atoms in total. The lowest BCUT2D eigenvalue weighted by Gasteiger charge is -2.14. The van der Waals surface area contributed by atoms with Crippen molar-refractivity contribution in [3.8, 4) is 0 Å². The Bertz CT molecular complexity index is 404. The quantitative estimate of drug-likeness (QED) is 0.803. The van der Waals surface area contributed by atoms with Crippen molar-refractivity contribution >= 4 is 13.0 Å². The molecule has 0 aliphatic carbocycles. The van der Waals surface area contributed by atoms with Crippen LogP contribution in [0.5, 0.6) is 0 Å². The van der Waals surface area contributed by atoms with Gasteiger partial charge in [0, 0.05) is 11.7 Å². The molecule has 1 aromatic rings. The highest BCUT2D eigenvalue weighted by Gasteiger charge is 2.17. The summed E-state index contributed by atoms with van der Waals surface area (Å²) in [4.78, 5) is 10.9. The highest BCUT2D eigenvalue weighted by atomic mass is 31.2. The van der Waals surface area contributed by atoms with Gasteiger partial charge in [-0.05, 0) is 30.0 Å². The maximum absolute atomic E-state index is 12.2. The molecule has 0 saturated heterocycles. The molecular weight excluding hydrogens is 221 g/mol. The Balaban J connectivity index is 2.83. The van der Waals surface area contributed by atoms with Crippen molar-refractivity contribution in [1.82, 2.24) is 0 Å². The zero-order valence-electron chi connectivity index (χ0n) is 9.77. The van der Waals surface area contributed by atoms with Crippen LogP contribution in [-0.4, -0.2) is 18.2 Å². The molecule has 88 valence electrons. The van der Waals surface area contributed by atoms with Gasteiger partial charge in [-0.2, -0.15) is 0 Å². The van der Waals surface area contributed by atoms with Gasteiger partial charge in [0.2, 0.25) is 5.91 Å². The minimum Gasteiger partial charge on any atom is -0.366 e. The van der Waals surface area contributed by atoms with E-state index in [1.807, 2.05) is 26.0 Å². The summed E-state index contributed by atoms with van der Waals surface area (Å²) in [5.41, 5.74) is 6.65. The number of carbonyl (C=O) groups excluding carboxylic acids is 1. The molecule has 1 rings (SSSR count). The minimum atomic E-state index is -2.06. The molecular formula is C12H18NO2P. The van der Waals surface area contributed by atoms with Crippen molar-refractivity contribution in [2.24, 2.45) is 5.73 Å². The highest BCUT2D eigenvalue weighted by molar-refractivity contribution is 7.63. The van der Waals surface area contributed by atoms with Crippen LogP contribution in [0.15, 0.2) is 24.3 Å². The molecule has 0 saturated carbocycles. The third-order valence-corrected chi connectivity index (χ3v) is 6.11. The fourth-order valence-electron chi connectivity index (χ4n) is 1.55. The Labute approximate surface area is 96.4 Å². The van der Waals surface area contributed by atoms with E-state index in [4.69, 9.17) is 5.73 Å². The molecule has 1 aromatic carbocycles. The van der Waals surface area contributed by atoms with Crippen molar-refractivity contribution in [3.63, 3.8) is 0 Å². The van der Waals surface area contributed by atoms with Gasteiger partial charge >= 0.3 is 0 Å². The fourth-order valence-corrected chi connectivity index (χ4v) is 3.33. The van der Waals surface area contributed by atoms with E-state index in [1.54, 1.807) is 12.1 Å². The van der Waals surface area contributed by atoms with Gasteiger partial charge in [0.1, 0.15) is 0 Å². The van der Waals surface area contributed by atoms with Crippen LogP contribution in [0.1, 0.15) is 29.8 Å². The molecule has 0 fully saturated rings. The van der Waals surface area contributed by atoms with Gasteiger partial charge in [0.05, 0.1) is 7.14 Å². The highest BCUT2D eigenvalue weighted by Crippen LogP contribution is 2.47. The molecule has 0 heterocycles. The summed E-state index contributed by atoms with van der Waals surface area (Å²) >= 11 is 0. The Morgan fingerprint density at radius 1 is 1.19 bits per heavy atom. The third-order valence-electron chi connectivity index (χ3n) is 2.86. The second-order valence-electron chi connectivity index (χ2n) is 3.91. The Morgan fingerprint density at radius 2 is 1.69 bits per heavy atom. The van der Waals surface area contributed by atoms with Crippen molar-refractivity contribution in [1.29, 1.82) is 0 Å². The largest absolute Gasteiger partial charge is 0.366 e. The smallest absolute Gasteiger partial charge is 0.248 e. The number of hydrogen-bond donors (Lipinski definition) is 1. The van der Waals surface area contributed by atoms with E-state index < -0.39 is 13.0 Å². The Morgan fingerprint density at radius 3 is 2.06 bits per heavy atom. The maximum Gasteiger partial charge on any atom is 0.248 e. The van der Waals surface area contributed by atoms with Crippen LogP contribution in [0.2, 0.25) is 0 Å². The number of benzene rings is 1. The molecule has 16 heavy (non-hydrogen) atoms. The van der Waals surface area contributed by atoms with Crippen LogP contribution in [0.4, 0.5) is 0 Å². The zero-order valence-corrected chi connectivity index (χ0v) is 10.7. The first-order chi connectivity index (χ1) is 7.50. The van der Waals surface area contributed by atoms with E-state index in [2.05, 4.69) is 0 Å². The van der Waals surface area contributed by atoms with Gasteiger partial charge < -0.3 is 10.3 Å². The molecule has 0 aliphatic rings. The van der Waals surface area contributed by atoms with E-state index >= 15 is 0 Å². The monoisotopic (exact) mass is 239 g/mol. The van der Waals surface area contributed by atoms with Gasteiger partial charge in [-0.3, -0.25) is 4.79 Å². The van der Waals surface area contributed by atoms with Gasteiger partial charge in [-0.25, -0.2) is 0 Å². The predicted molar refractivity (Wildman–Crippen MR) is 67.4 cm³/mol. The summed E-state index contributed by atoms with van der Waals surface area (Å²) in [7, 11) is -2.06. The molecule has 0 bridgehead atoms. The lowest BCUT2D eigenvalue weighted by molar-refractivity contribution is 0.100. The van der Waals surface area contributed by atoms with Gasteiger partial charge in [0.25, 0.3) is 0 Å². The summed E-state index contributed by atoms with van der Waals surface area (Å²) in [6.07, 6.45) is 2.06. The molecule has 0 radical (unpaired) electrons. The van der Waals surface area contributed by atoms with Crippen molar-refractivity contribution in [2.45, 2.75) is 20.0 Å². The topological polar surface area (TPSA) is 60.2 Å². The summed E-state index contributed by atoms with van der Waals surface area (Å²) in [5, 5.41) is 0. The minimum absolute atomic E-state index is 0.430. The molecule has 2 N–H and O–H groups in total. The van der Waals surface area contributed by atoms with Gasteiger partial charge in [-0.15, -0.1) is 0 Å². The van der Waals surface area contributed by atoms with Crippen LogP contribution < -0.4 is 5.73 Å². The van der Waals surface area contributed by atoms with Crippen LogP contribution >= 0.6 is 7.14 Å². The molecule has 0 atom stereocenters. The van der Waals surface area contributed by atoms with E-state index in [9.17, 15) is 9.36 Å². The molecule has 0 spiro atoms. The predicted octanol–water partition coefficient (Wildman–Crippen LogP) is 2.69. The first-order valence-electron chi connectivity index (χ1n) is 5.46. The SMILES string of the molecule is CCP(=O)(CC)Cc1ccc(C(N)=O)cc1. The maximum atomic E-state index is 12.2. The summed E-state index contributed by atoms with van der Waals surface area (Å²) in [6, 6.07) is 7.04. The number of amides is 1.